The monoisotopic (exact) mass is 391 g/mol. The number of ether oxygens (including phenoxy) is 2. The third kappa shape index (κ3) is 6.04. The van der Waals surface area contributed by atoms with Crippen LogP contribution in [0.5, 0.6) is 5.75 Å². The molecule has 0 saturated carbocycles. The van der Waals surface area contributed by atoms with Gasteiger partial charge in [0.2, 0.25) is 0 Å². The molecule has 2 rings (SSSR count). The topological polar surface area (TPSA) is 64.6 Å². The van der Waals surface area contributed by atoms with Crippen LogP contribution in [0.2, 0.25) is 0 Å². The Balaban J connectivity index is 1.70. The molecule has 0 spiro atoms. The van der Waals surface area contributed by atoms with Crippen LogP contribution < -0.4 is 10.1 Å². The van der Waals surface area contributed by atoms with E-state index in [1.54, 1.807) is 24.3 Å². The number of carbonyl (C=O) groups is 2. The molecule has 2 aromatic rings. The number of rotatable bonds is 7. The van der Waals surface area contributed by atoms with Gasteiger partial charge in [-0.05, 0) is 36.8 Å². The maximum atomic E-state index is 11.8. The van der Waals surface area contributed by atoms with Gasteiger partial charge in [-0.1, -0.05) is 46.3 Å². The van der Waals surface area contributed by atoms with Crippen LogP contribution in [0.25, 0.3) is 0 Å². The lowest BCUT2D eigenvalue weighted by Crippen LogP contribution is -2.31. The van der Waals surface area contributed by atoms with Crippen molar-refractivity contribution in [1.29, 1.82) is 0 Å². The lowest BCUT2D eigenvalue weighted by atomic mass is 10.1. The van der Waals surface area contributed by atoms with Crippen molar-refractivity contribution in [3.8, 4) is 5.75 Å². The fourth-order valence-electron chi connectivity index (χ4n) is 1.96. The highest BCUT2D eigenvalue weighted by molar-refractivity contribution is 9.10. The molecule has 0 bridgehead atoms. The lowest BCUT2D eigenvalue weighted by molar-refractivity contribution is -0.150. The first-order chi connectivity index (χ1) is 11.5. The van der Waals surface area contributed by atoms with E-state index in [-0.39, 0.29) is 25.2 Å². The lowest BCUT2D eigenvalue weighted by Gasteiger charge is -2.14. The Labute approximate surface area is 149 Å². The van der Waals surface area contributed by atoms with Crippen LogP contribution in [-0.2, 0) is 14.3 Å². The molecule has 1 N–H and O–H groups in total. The average molecular weight is 392 g/mol. The van der Waals surface area contributed by atoms with Gasteiger partial charge in [-0.2, -0.15) is 0 Å². The third-order valence-corrected chi connectivity index (χ3v) is 3.74. The van der Waals surface area contributed by atoms with E-state index in [1.807, 2.05) is 37.3 Å². The van der Waals surface area contributed by atoms with Crippen LogP contribution in [0.3, 0.4) is 0 Å². The molecule has 24 heavy (non-hydrogen) atoms. The molecule has 0 saturated heterocycles. The Morgan fingerprint density at radius 2 is 1.71 bits per heavy atom. The maximum Gasteiger partial charge on any atom is 0.344 e. The number of hydrogen-bond donors (Lipinski definition) is 1. The summed E-state index contributed by atoms with van der Waals surface area (Å²) in [4.78, 5) is 23.4. The summed E-state index contributed by atoms with van der Waals surface area (Å²) >= 11 is 3.36. The standard InChI is InChI=1S/C18H18BrNO4/c1-13(14-7-9-15(19)10-8-14)20-17(21)11-24-18(22)12-23-16-5-3-2-4-6-16/h2-10,13H,11-12H2,1H3,(H,20,21)/t13-/m0/s1. The van der Waals surface area contributed by atoms with E-state index in [1.165, 1.54) is 0 Å². The van der Waals surface area contributed by atoms with E-state index in [0.717, 1.165) is 10.0 Å². The zero-order valence-corrected chi connectivity index (χ0v) is 14.8. The number of carbonyl (C=O) groups excluding carboxylic acids is 2. The first-order valence-electron chi connectivity index (χ1n) is 7.43. The summed E-state index contributed by atoms with van der Waals surface area (Å²) in [6.45, 7) is 1.29. The fourth-order valence-corrected chi connectivity index (χ4v) is 2.23. The van der Waals surface area contributed by atoms with E-state index in [4.69, 9.17) is 9.47 Å². The Morgan fingerprint density at radius 1 is 1.04 bits per heavy atom. The molecule has 0 aliphatic carbocycles. The first kappa shape index (κ1) is 18.0. The average Bonchev–Trinajstić information content (AvgIpc) is 2.59. The van der Waals surface area contributed by atoms with E-state index in [0.29, 0.717) is 5.75 Å². The van der Waals surface area contributed by atoms with Crippen molar-refractivity contribution in [2.24, 2.45) is 0 Å². The Kier molecular flexibility index (Phi) is 6.81. The van der Waals surface area contributed by atoms with Crippen molar-refractivity contribution >= 4 is 27.8 Å². The van der Waals surface area contributed by atoms with Gasteiger partial charge < -0.3 is 14.8 Å². The summed E-state index contributed by atoms with van der Waals surface area (Å²) in [6, 6.07) is 16.4. The van der Waals surface area contributed by atoms with E-state index in [9.17, 15) is 9.59 Å². The Hall–Kier alpha value is -2.34. The predicted octanol–water partition coefficient (Wildman–Crippen LogP) is 3.25. The second kappa shape index (κ2) is 9.08. The quantitative estimate of drug-likeness (QED) is 0.735. The SMILES string of the molecule is C[C@H](NC(=O)COC(=O)COc1ccccc1)c1ccc(Br)cc1. The zero-order valence-electron chi connectivity index (χ0n) is 13.2. The minimum atomic E-state index is -0.592. The van der Waals surface area contributed by atoms with Crippen LogP contribution in [0, 0.1) is 0 Å². The number of hydrogen-bond acceptors (Lipinski definition) is 4. The molecule has 1 amide bonds. The van der Waals surface area contributed by atoms with Gasteiger partial charge in [-0.3, -0.25) is 4.79 Å². The van der Waals surface area contributed by atoms with Gasteiger partial charge in [-0.25, -0.2) is 4.79 Å². The molecular formula is C18H18BrNO4. The Morgan fingerprint density at radius 3 is 2.38 bits per heavy atom. The minimum absolute atomic E-state index is 0.176. The van der Waals surface area contributed by atoms with E-state index in [2.05, 4.69) is 21.2 Å². The predicted molar refractivity (Wildman–Crippen MR) is 93.6 cm³/mol. The number of amides is 1. The second-order valence-corrected chi connectivity index (χ2v) is 6.02. The molecule has 0 heterocycles. The van der Waals surface area contributed by atoms with Crippen LogP contribution in [-0.4, -0.2) is 25.1 Å². The van der Waals surface area contributed by atoms with Crippen molar-refractivity contribution in [3.63, 3.8) is 0 Å². The summed E-state index contributed by atoms with van der Waals surface area (Å²) in [7, 11) is 0. The van der Waals surface area contributed by atoms with Crippen molar-refractivity contribution < 1.29 is 19.1 Å². The van der Waals surface area contributed by atoms with Gasteiger partial charge in [0, 0.05) is 4.47 Å². The summed E-state index contributed by atoms with van der Waals surface area (Å²) in [5, 5.41) is 2.77. The highest BCUT2D eigenvalue weighted by Crippen LogP contribution is 2.16. The number of benzene rings is 2. The van der Waals surface area contributed by atoms with Crippen LogP contribution >= 0.6 is 15.9 Å². The number of para-hydroxylation sites is 1. The number of halogens is 1. The van der Waals surface area contributed by atoms with Gasteiger partial charge in [0.25, 0.3) is 5.91 Å². The molecule has 1 atom stereocenters. The second-order valence-electron chi connectivity index (χ2n) is 5.10. The molecule has 5 nitrogen and oxygen atoms in total. The van der Waals surface area contributed by atoms with E-state index >= 15 is 0 Å². The minimum Gasteiger partial charge on any atom is -0.482 e. The van der Waals surface area contributed by atoms with Gasteiger partial charge >= 0.3 is 5.97 Å². The first-order valence-corrected chi connectivity index (χ1v) is 8.22. The molecule has 0 unspecified atom stereocenters. The highest BCUT2D eigenvalue weighted by atomic mass is 79.9. The fraction of sp³-hybridized carbons (Fsp3) is 0.222. The Bertz CT molecular complexity index is 673. The number of esters is 1. The van der Waals surface area contributed by atoms with Crippen molar-refractivity contribution in [2.75, 3.05) is 13.2 Å². The smallest absolute Gasteiger partial charge is 0.344 e. The molecule has 0 aliphatic rings. The molecule has 2 aromatic carbocycles. The molecule has 0 fully saturated rings. The molecule has 126 valence electrons. The van der Waals surface area contributed by atoms with Gasteiger partial charge in [0.1, 0.15) is 5.75 Å². The maximum absolute atomic E-state index is 11.8. The summed E-state index contributed by atoms with van der Waals surface area (Å²) in [6.07, 6.45) is 0. The van der Waals surface area contributed by atoms with Crippen LogP contribution in [0.1, 0.15) is 18.5 Å². The van der Waals surface area contributed by atoms with Gasteiger partial charge in [-0.15, -0.1) is 0 Å². The molecular weight excluding hydrogens is 374 g/mol. The highest BCUT2D eigenvalue weighted by Gasteiger charge is 2.12. The molecule has 6 heteroatoms. The number of nitrogens with one attached hydrogen (secondary N) is 1. The van der Waals surface area contributed by atoms with Crippen LogP contribution in [0.4, 0.5) is 0 Å². The van der Waals surface area contributed by atoms with Crippen molar-refractivity contribution in [3.05, 3.63) is 64.6 Å². The molecule has 0 radical (unpaired) electrons. The largest absolute Gasteiger partial charge is 0.482 e. The zero-order chi connectivity index (χ0) is 17.4. The normalized spacial score (nSPS) is 11.4. The summed E-state index contributed by atoms with van der Waals surface area (Å²) in [5.41, 5.74) is 0.963. The van der Waals surface area contributed by atoms with Gasteiger partial charge in [0.15, 0.2) is 13.2 Å². The molecule has 0 aromatic heterocycles. The van der Waals surface area contributed by atoms with Gasteiger partial charge in [0.05, 0.1) is 6.04 Å². The summed E-state index contributed by atoms with van der Waals surface area (Å²) < 4.78 is 11.1. The molecule has 0 aliphatic heterocycles. The van der Waals surface area contributed by atoms with Crippen LogP contribution in [0.15, 0.2) is 59.1 Å². The third-order valence-electron chi connectivity index (χ3n) is 3.21. The summed E-state index contributed by atoms with van der Waals surface area (Å²) in [5.74, 6) is -0.383. The van der Waals surface area contributed by atoms with Crippen molar-refractivity contribution in [1.82, 2.24) is 5.32 Å². The van der Waals surface area contributed by atoms with E-state index < -0.39 is 5.97 Å². The van der Waals surface area contributed by atoms with Crippen molar-refractivity contribution in [2.45, 2.75) is 13.0 Å².